The lowest BCUT2D eigenvalue weighted by atomic mass is 9.59. The van der Waals surface area contributed by atoms with E-state index in [9.17, 15) is 19.2 Å². The molecule has 8 rings (SSSR count). The highest BCUT2D eigenvalue weighted by Crippen LogP contribution is 2.48. The Morgan fingerprint density at radius 2 is 1.78 bits per heavy atom. The molecule has 5 aromatic rings. The van der Waals surface area contributed by atoms with E-state index in [0.717, 1.165) is 12.8 Å². The number of fused-ring (bicyclic) bond motifs is 4. The number of ketones is 1. The summed E-state index contributed by atoms with van der Waals surface area (Å²) in [6.07, 6.45) is 4.92. The van der Waals surface area contributed by atoms with Crippen LogP contribution in [0.2, 0.25) is 5.02 Å². The van der Waals surface area contributed by atoms with Gasteiger partial charge in [0.05, 0.1) is 29.2 Å². The van der Waals surface area contributed by atoms with Gasteiger partial charge in [0.15, 0.2) is 11.6 Å². The van der Waals surface area contributed by atoms with Crippen LogP contribution < -0.4 is 21.3 Å². The Morgan fingerprint density at radius 3 is 2.53 bits per heavy atom. The summed E-state index contributed by atoms with van der Waals surface area (Å²) in [6.45, 7) is 1.34. The first kappa shape index (κ1) is 33.9. The minimum atomic E-state index is -0.824. The molecule has 262 valence electrons. The summed E-state index contributed by atoms with van der Waals surface area (Å²) < 4.78 is 22.0. The van der Waals surface area contributed by atoms with Gasteiger partial charge in [-0.2, -0.15) is 5.10 Å². The van der Waals surface area contributed by atoms with Gasteiger partial charge in [-0.1, -0.05) is 47.1 Å². The number of halogens is 2. The largest absolute Gasteiger partial charge is 0.364 e. The van der Waals surface area contributed by atoms with Crippen LogP contribution in [0.4, 0.5) is 20.6 Å². The van der Waals surface area contributed by atoms with Gasteiger partial charge in [-0.25, -0.2) is 9.18 Å². The van der Waals surface area contributed by atoms with Crippen molar-refractivity contribution < 1.29 is 28.1 Å². The number of anilines is 2. The number of hydrogen-bond donors (Lipinski definition) is 4. The lowest BCUT2D eigenvalue weighted by molar-refractivity contribution is -0.132. The van der Waals surface area contributed by atoms with Crippen LogP contribution >= 0.6 is 11.6 Å². The summed E-state index contributed by atoms with van der Waals surface area (Å²) in [5, 5.41) is 20.5. The number of hydrogen-bond acceptors (Lipinski definition) is 7. The first-order chi connectivity index (χ1) is 24.6. The number of nitrogens with one attached hydrogen (secondary N) is 4. The highest BCUT2D eigenvalue weighted by molar-refractivity contribution is 6.33. The monoisotopic (exact) mass is 711 g/mol. The Labute approximate surface area is 297 Å². The quantitative estimate of drug-likeness (QED) is 0.117. The van der Waals surface area contributed by atoms with Crippen LogP contribution in [-0.2, 0) is 22.7 Å². The third kappa shape index (κ3) is 6.93. The Morgan fingerprint density at radius 1 is 1.00 bits per heavy atom. The molecule has 2 heterocycles. The summed E-state index contributed by atoms with van der Waals surface area (Å²) in [5.41, 5.74) is 1.67. The Balaban J connectivity index is 1.07. The van der Waals surface area contributed by atoms with Gasteiger partial charge in [-0.05, 0) is 68.4 Å². The van der Waals surface area contributed by atoms with Crippen LogP contribution in [0.15, 0.2) is 77.5 Å². The second-order valence-corrected chi connectivity index (χ2v) is 13.6. The molecule has 0 spiro atoms. The van der Waals surface area contributed by atoms with Crippen molar-refractivity contribution >= 4 is 57.5 Å². The molecule has 2 aromatic heterocycles. The Bertz CT molecular complexity index is 2140. The van der Waals surface area contributed by atoms with Crippen molar-refractivity contribution in [3.8, 4) is 11.1 Å². The number of nitrogens with zero attached hydrogens (tertiary/aromatic N) is 3. The Hall–Kier alpha value is -5.56. The topological polar surface area (TPSA) is 160 Å². The van der Waals surface area contributed by atoms with Gasteiger partial charge >= 0.3 is 6.03 Å². The van der Waals surface area contributed by atoms with E-state index in [-0.39, 0.29) is 47.6 Å². The molecule has 3 fully saturated rings. The van der Waals surface area contributed by atoms with E-state index >= 15 is 4.39 Å². The molecule has 2 bridgehead atoms. The van der Waals surface area contributed by atoms with Crippen LogP contribution in [0.25, 0.3) is 22.0 Å². The number of rotatable bonds is 10. The number of aromatic nitrogens is 3. The van der Waals surface area contributed by atoms with Gasteiger partial charge in [0, 0.05) is 40.2 Å². The number of benzene rings is 3. The van der Waals surface area contributed by atoms with E-state index < -0.39 is 23.3 Å². The second kappa shape index (κ2) is 14.0. The molecule has 3 aliphatic rings. The third-order valence-electron chi connectivity index (χ3n) is 9.92. The van der Waals surface area contributed by atoms with E-state index in [0.29, 0.717) is 58.1 Å². The summed E-state index contributed by atoms with van der Waals surface area (Å²) in [4.78, 5) is 52.7. The predicted octanol–water partition coefficient (Wildman–Crippen LogP) is 6.71. The summed E-state index contributed by atoms with van der Waals surface area (Å²) in [5.74, 6) is -1.87. The van der Waals surface area contributed by atoms with E-state index in [1.165, 1.54) is 23.9 Å². The first-order valence-electron chi connectivity index (χ1n) is 16.7. The van der Waals surface area contributed by atoms with Crippen molar-refractivity contribution in [2.75, 3.05) is 10.6 Å². The Kier molecular flexibility index (Phi) is 9.30. The van der Waals surface area contributed by atoms with Crippen LogP contribution in [-0.4, -0.2) is 44.1 Å². The molecule has 4 N–H and O–H groups in total. The van der Waals surface area contributed by atoms with Crippen LogP contribution in [0.3, 0.4) is 0 Å². The normalized spacial score (nSPS) is 19.4. The molecule has 3 saturated carbocycles. The SMILES string of the molecule is CC(=O)c1nn(CC(=O)NC23CCC(CC2)CC3C(=O)Nc2cccc(-c3ccccc3Cl)c2F)c2ccc(NC(=O)NCc3ccon3)cc12. The highest BCUT2D eigenvalue weighted by Gasteiger charge is 2.51. The van der Waals surface area contributed by atoms with Crippen LogP contribution in [0.1, 0.15) is 55.2 Å². The van der Waals surface area contributed by atoms with Gasteiger partial charge in [0.2, 0.25) is 11.8 Å². The third-order valence-corrected chi connectivity index (χ3v) is 10.2. The fourth-order valence-corrected chi connectivity index (χ4v) is 7.65. The smallest absolute Gasteiger partial charge is 0.319 e. The van der Waals surface area contributed by atoms with E-state index in [1.54, 1.807) is 60.7 Å². The molecule has 0 radical (unpaired) electrons. The zero-order chi connectivity index (χ0) is 35.7. The molecule has 1 atom stereocenters. The molecule has 1 unspecified atom stereocenters. The van der Waals surface area contributed by atoms with E-state index in [2.05, 4.69) is 31.5 Å². The predicted molar refractivity (Wildman–Crippen MR) is 189 cm³/mol. The van der Waals surface area contributed by atoms with Crippen LogP contribution in [0.5, 0.6) is 0 Å². The maximum absolute atomic E-state index is 15.8. The standard InChI is InChI=1S/C37H35ClFN7O5/c1-21(47)34-27-18-23(41-36(50)40-19-24-13-16-51-45-24)9-10-31(27)46(44-34)20-32(48)43-37-14-11-22(12-15-37)17-28(37)35(49)42-30-8-4-6-26(33(30)39)25-5-2-3-7-29(25)38/h2-10,13,16,18,22,28H,11-12,14-15,17,19-20H2,1H3,(H,42,49)(H,43,48)(H2,40,41,50). The molecule has 0 saturated heterocycles. The van der Waals surface area contributed by atoms with Crippen LogP contribution in [0, 0.1) is 17.7 Å². The average Bonchev–Trinajstić information content (AvgIpc) is 3.77. The molecule has 12 nitrogen and oxygen atoms in total. The molecule has 3 aromatic carbocycles. The summed E-state index contributed by atoms with van der Waals surface area (Å²) in [7, 11) is 0. The molecular weight excluding hydrogens is 677 g/mol. The zero-order valence-corrected chi connectivity index (χ0v) is 28.4. The number of urea groups is 1. The van der Waals surface area contributed by atoms with Gasteiger partial charge in [0.25, 0.3) is 0 Å². The van der Waals surface area contributed by atoms with Crippen molar-refractivity contribution in [2.24, 2.45) is 11.8 Å². The van der Waals surface area contributed by atoms with Crippen molar-refractivity contribution in [1.82, 2.24) is 25.6 Å². The number of Topliss-reactive ketones (excluding diaryl/α,β-unsaturated/α-hetero) is 1. The van der Waals surface area contributed by atoms with Crippen molar-refractivity contribution in [3.05, 3.63) is 95.2 Å². The summed E-state index contributed by atoms with van der Waals surface area (Å²) in [6, 6.07) is 17.8. The molecule has 14 heteroatoms. The maximum atomic E-state index is 15.8. The number of carbonyl (C=O) groups is 4. The number of carbonyl (C=O) groups excluding carboxylic acids is 4. The number of amides is 4. The van der Waals surface area contributed by atoms with Crippen molar-refractivity contribution in [1.29, 1.82) is 0 Å². The lowest BCUT2D eigenvalue weighted by Crippen LogP contribution is -2.62. The second-order valence-electron chi connectivity index (χ2n) is 13.2. The highest BCUT2D eigenvalue weighted by atomic mass is 35.5. The maximum Gasteiger partial charge on any atom is 0.319 e. The van der Waals surface area contributed by atoms with Gasteiger partial charge in [-0.3, -0.25) is 19.1 Å². The van der Waals surface area contributed by atoms with Crippen molar-refractivity contribution in [2.45, 2.75) is 57.7 Å². The van der Waals surface area contributed by atoms with Gasteiger partial charge in [0.1, 0.15) is 24.2 Å². The molecule has 0 aliphatic heterocycles. The lowest BCUT2D eigenvalue weighted by Gasteiger charge is -2.51. The minimum absolute atomic E-state index is 0.0430. The average molecular weight is 712 g/mol. The van der Waals surface area contributed by atoms with Gasteiger partial charge < -0.3 is 25.8 Å². The fourth-order valence-electron chi connectivity index (χ4n) is 7.41. The molecule has 51 heavy (non-hydrogen) atoms. The minimum Gasteiger partial charge on any atom is -0.364 e. The van der Waals surface area contributed by atoms with E-state index in [4.69, 9.17) is 16.1 Å². The summed E-state index contributed by atoms with van der Waals surface area (Å²) >= 11 is 6.34. The molecule has 3 aliphatic carbocycles. The first-order valence-corrected chi connectivity index (χ1v) is 17.1. The molecular formula is C37H35ClFN7O5. The van der Waals surface area contributed by atoms with E-state index in [1.807, 2.05) is 0 Å². The molecule has 4 amide bonds. The fraction of sp³-hybridized carbons (Fsp3) is 0.297. The van der Waals surface area contributed by atoms with Crippen molar-refractivity contribution in [3.63, 3.8) is 0 Å². The van der Waals surface area contributed by atoms with Gasteiger partial charge in [-0.15, -0.1) is 0 Å². The zero-order valence-electron chi connectivity index (χ0n) is 27.7.